The molecule has 144 valence electrons. The first kappa shape index (κ1) is 20.4. The van der Waals surface area contributed by atoms with E-state index in [0.717, 1.165) is 15.7 Å². The highest BCUT2D eigenvalue weighted by Gasteiger charge is 2.17. The van der Waals surface area contributed by atoms with Crippen molar-refractivity contribution in [2.45, 2.75) is 4.90 Å². The van der Waals surface area contributed by atoms with Crippen LogP contribution in [0.4, 0.5) is 9.59 Å². The average molecular weight is 392 g/mol. The standard InChI is InChI=1S/C18H20N2O6S/c1-19(2)17(23)25-14-8-11-5-6-13(27-10-16(21)22)7-12(11)9-15(14)26-18(24)20(3)4/h5-9H,10H2,1-4H3,(H,21,22). The van der Waals surface area contributed by atoms with E-state index in [4.69, 9.17) is 14.6 Å². The van der Waals surface area contributed by atoms with Crippen molar-refractivity contribution >= 4 is 40.7 Å². The van der Waals surface area contributed by atoms with Crippen LogP contribution >= 0.6 is 11.8 Å². The molecule has 0 atom stereocenters. The molecule has 2 amide bonds. The lowest BCUT2D eigenvalue weighted by molar-refractivity contribution is -0.133. The van der Waals surface area contributed by atoms with Gasteiger partial charge in [-0.05, 0) is 35.0 Å². The second kappa shape index (κ2) is 8.63. The zero-order chi connectivity index (χ0) is 20.1. The molecule has 0 aliphatic carbocycles. The molecule has 2 aromatic carbocycles. The number of hydrogen-bond donors (Lipinski definition) is 1. The Morgan fingerprint density at radius 2 is 1.41 bits per heavy atom. The topological polar surface area (TPSA) is 96.4 Å². The van der Waals surface area contributed by atoms with Gasteiger partial charge in [0.05, 0.1) is 5.75 Å². The lowest BCUT2D eigenvalue weighted by Crippen LogP contribution is -2.27. The summed E-state index contributed by atoms with van der Waals surface area (Å²) in [5.74, 6) is -0.766. The number of hydrogen-bond acceptors (Lipinski definition) is 6. The molecule has 0 heterocycles. The first-order chi connectivity index (χ1) is 12.7. The molecule has 9 heteroatoms. The summed E-state index contributed by atoms with van der Waals surface area (Å²) in [6.45, 7) is 0. The van der Waals surface area contributed by atoms with E-state index in [0.29, 0.717) is 0 Å². The number of rotatable bonds is 5. The van der Waals surface area contributed by atoms with Gasteiger partial charge in [0.15, 0.2) is 11.5 Å². The van der Waals surface area contributed by atoms with E-state index in [9.17, 15) is 14.4 Å². The van der Waals surface area contributed by atoms with Gasteiger partial charge in [-0.3, -0.25) is 4.79 Å². The van der Waals surface area contributed by atoms with Gasteiger partial charge in [-0.25, -0.2) is 9.59 Å². The second-order valence-electron chi connectivity index (χ2n) is 6.02. The molecule has 2 rings (SSSR count). The fourth-order valence-electron chi connectivity index (χ4n) is 2.00. The molecule has 0 aliphatic rings. The summed E-state index contributed by atoms with van der Waals surface area (Å²) < 4.78 is 10.6. The van der Waals surface area contributed by atoms with Gasteiger partial charge < -0.3 is 24.4 Å². The zero-order valence-corrected chi connectivity index (χ0v) is 16.2. The van der Waals surface area contributed by atoms with E-state index in [-0.39, 0.29) is 17.3 Å². The Morgan fingerprint density at radius 1 is 0.889 bits per heavy atom. The number of carbonyl (C=O) groups excluding carboxylic acids is 2. The van der Waals surface area contributed by atoms with Gasteiger partial charge in [0.1, 0.15) is 0 Å². The van der Waals surface area contributed by atoms with Gasteiger partial charge in [-0.1, -0.05) is 6.07 Å². The Labute approximate surface area is 160 Å². The molecule has 0 aromatic heterocycles. The molecule has 0 unspecified atom stereocenters. The Morgan fingerprint density at radius 3 is 1.89 bits per heavy atom. The summed E-state index contributed by atoms with van der Waals surface area (Å²) in [6.07, 6.45) is -1.22. The number of aliphatic carboxylic acids is 1. The number of fused-ring (bicyclic) bond motifs is 1. The van der Waals surface area contributed by atoms with E-state index >= 15 is 0 Å². The number of carboxylic acid groups (broad SMARTS) is 1. The van der Waals surface area contributed by atoms with Crippen LogP contribution in [0.1, 0.15) is 0 Å². The molecule has 0 aliphatic heterocycles. The van der Waals surface area contributed by atoms with Crippen LogP contribution in [0.15, 0.2) is 35.2 Å². The minimum Gasteiger partial charge on any atom is -0.481 e. The Hall–Kier alpha value is -2.94. The van der Waals surface area contributed by atoms with Crippen LogP contribution in [0.25, 0.3) is 10.8 Å². The third-order valence-electron chi connectivity index (χ3n) is 3.36. The molecule has 0 spiro atoms. The Balaban J connectivity index is 2.44. The number of amides is 2. The van der Waals surface area contributed by atoms with E-state index in [1.54, 1.807) is 44.4 Å². The van der Waals surface area contributed by atoms with Crippen molar-refractivity contribution in [1.29, 1.82) is 0 Å². The van der Waals surface area contributed by atoms with Gasteiger partial charge in [0, 0.05) is 33.1 Å². The molecule has 0 fully saturated rings. The molecule has 0 saturated heterocycles. The van der Waals surface area contributed by atoms with Crippen LogP contribution in [0.3, 0.4) is 0 Å². The van der Waals surface area contributed by atoms with Crippen molar-refractivity contribution in [3.63, 3.8) is 0 Å². The first-order valence-corrected chi connectivity index (χ1v) is 8.86. The van der Waals surface area contributed by atoms with E-state index in [2.05, 4.69) is 0 Å². The second-order valence-corrected chi connectivity index (χ2v) is 7.06. The fourth-order valence-corrected chi connectivity index (χ4v) is 2.66. The van der Waals surface area contributed by atoms with Crippen LogP contribution in [0, 0.1) is 0 Å². The van der Waals surface area contributed by atoms with Crippen LogP contribution < -0.4 is 9.47 Å². The average Bonchev–Trinajstić information content (AvgIpc) is 2.59. The smallest absolute Gasteiger partial charge is 0.414 e. The molecular weight excluding hydrogens is 372 g/mol. The highest BCUT2D eigenvalue weighted by Crippen LogP contribution is 2.35. The summed E-state index contributed by atoms with van der Waals surface area (Å²) >= 11 is 1.18. The fraction of sp³-hybridized carbons (Fsp3) is 0.278. The first-order valence-electron chi connectivity index (χ1n) is 7.88. The molecule has 8 nitrogen and oxygen atoms in total. The van der Waals surface area contributed by atoms with E-state index in [1.165, 1.54) is 35.7 Å². The quantitative estimate of drug-likeness (QED) is 0.781. The van der Waals surface area contributed by atoms with Crippen LogP contribution in [-0.2, 0) is 4.79 Å². The maximum atomic E-state index is 11.9. The number of nitrogens with zero attached hydrogens (tertiary/aromatic N) is 2. The number of thioether (sulfide) groups is 1. The van der Waals surface area contributed by atoms with Gasteiger partial charge >= 0.3 is 18.2 Å². The summed E-state index contributed by atoms with van der Waals surface area (Å²) in [6, 6.07) is 8.52. The molecular formula is C18H20N2O6S. The van der Waals surface area contributed by atoms with Crippen molar-refractivity contribution in [3.05, 3.63) is 30.3 Å². The van der Waals surface area contributed by atoms with E-state index in [1.807, 2.05) is 0 Å². The number of ether oxygens (including phenoxy) is 2. The minimum atomic E-state index is -0.911. The summed E-state index contributed by atoms with van der Waals surface area (Å²) in [7, 11) is 6.16. The maximum absolute atomic E-state index is 11.9. The van der Waals surface area contributed by atoms with Crippen LogP contribution in [0.2, 0.25) is 0 Å². The molecule has 0 radical (unpaired) electrons. The van der Waals surface area contributed by atoms with Gasteiger partial charge in [-0.2, -0.15) is 0 Å². The minimum absolute atomic E-state index is 0.0630. The highest BCUT2D eigenvalue weighted by molar-refractivity contribution is 8.00. The van der Waals surface area contributed by atoms with Crippen LogP contribution in [-0.4, -0.2) is 67.0 Å². The third-order valence-corrected chi connectivity index (χ3v) is 4.34. The van der Waals surface area contributed by atoms with Crippen LogP contribution in [0.5, 0.6) is 11.5 Å². The molecule has 0 saturated carbocycles. The number of carboxylic acids is 1. The summed E-state index contributed by atoms with van der Waals surface area (Å²) in [5, 5.41) is 10.3. The summed E-state index contributed by atoms with van der Waals surface area (Å²) in [4.78, 5) is 37.9. The molecule has 2 aromatic rings. The van der Waals surface area contributed by atoms with Gasteiger partial charge in [0.2, 0.25) is 0 Å². The van der Waals surface area contributed by atoms with Crippen molar-refractivity contribution in [2.75, 3.05) is 33.9 Å². The molecule has 1 N–H and O–H groups in total. The Kier molecular flexibility index (Phi) is 6.51. The summed E-state index contributed by atoms with van der Waals surface area (Å²) in [5.41, 5.74) is 0. The SMILES string of the molecule is CN(C)C(=O)Oc1cc2ccc(SCC(=O)O)cc2cc1OC(=O)N(C)C. The van der Waals surface area contributed by atoms with Crippen molar-refractivity contribution < 1.29 is 29.0 Å². The third kappa shape index (κ3) is 5.52. The van der Waals surface area contributed by atoms with Gasteiger partial charge in [-0.15, -0.1) is 11.8 Å². The zero-order valence-electron chi connectivity index (χ0n) is 15.4. The van der Waals surface area contributed by atoms with Crippen molar-refractivity contribution in [3.8, 4) is 11.5 Å². The number of carbonyl (C=O) groups is 3. The largest absolute Gasteiger partial charge is 0.481 e. The lowest BCUT2D eigenvalue weighted by atomic mass is 10.1. The monoisotopic (exact) mass is 392 g/mol. The highest BCUT2D eigenvalue weighted by atomic mass is 32.2. The normalized spacial score (nSPS) is 10.4. The number of benzene rings is 2. The predicted molar refractivity (Wildman–Crippen MR) is 102 cm³/mol. The maximum Gasteiger partial charge on any atom is 0.414 e. The van der Waals surface area contributed by atoms with Crippen molar-refractivity contribution in [1.82, 2.24) is 9.80 Å². The van der Waals surface area contributed by atoms with Gasteiger partial charge in [0.25, 0.3) is 0 Å². The van der Waals surface area contributed by atoms with Crippen molar-refractivity contribution in [2.24, 2.45) is 0 Å². The predicted octanol–water partition coefficient (Wildman–Crippen LogP) is 3.14. The molecule has 27 heavy (non-hydrogen) atoms. The van der Waals surface area contributed by atoms with E-state index < -0.39 is 18.2 Å². The molecule has 0 bridgehead atoms. The Bertz CT molecular complexity index is 882. The lowest BCUT2D eigenvalue weighted by Gasteiger charge is -2.16.